The lowest BCUT2D eigenvalue weighted by molar-refractivity contribution is 0.0953. The molecule has 3 rings (SSSR count). The third kappa shape index (κ3) is 5.86. The molecule has 1 N–H and O–H groups in total. The number of nitrogens with zero attached hydrogens (tertiary/aromatic N) is 1. The van der Waals surface area contributed by atoms with Gasteiger partial charge in [0, 0.05) is 12.1 Å². The van der Waals surface area contributed by atoms with Gasteiger partial charge in [-0.05, 0) is 61.7 Å². The van der Waals surface area contributed by atoms with E-state index in [1.807, 2.05) is 6.07 Å². The molecule has 0 aliphatic rings. The highest BCUT2D eigenvalue weighted by molar-refractivity contribution is 7.92. The van der Waals surface area contributed by atoms with Crippen molar-refractivity contribution in [1.29, 1.82) is 0 Å². The normalized spacial score (nSPS) is 11.0. The molecule has 0 fully saturated rings. The summed E-state index contributed by atoms with van der Waals surface area (Å²) in [6, 6.07) is 23.2. The topological polar surface area (TPSA) is 66.5 Å². The Morgan fingerprint density at radius 3 is 2.38 bits per heavy atom. The molecule has 0 unspecified atom stereocenters. The second-order valence-electron chi connectivity index (χ2n) is 7.53. The lowest BCUT2D eigenvalue weighted by Gasteiger charge is -2.23. The molecule has 0 bridgehead atoms. The number of benzene rings is 3. The summed E-state index contributed by atoms with van der Waals surface area (Å²) in [7, 11) is -3.73. The van der Waals surface area contributed by atoms with Gasteiger partial charge < -0.3 is 5.32 Å². The van der Waals surface area contributed by atoms with Crippen LogP contribution in [0.25, 0.3) is 0 Å². The minimum Gasteiger partial charge on any atom is -0.352 e. The van der Waals surface area contributed by atoms with Crippen molar-refractivity contribution in [3.63, 3.8) is 0 Å². The Balaban J connectivity index is 1.63. The van der Waals surface area contributed by atoms with Gasteiger partial charge in [-0.1, -0.05) is 54.1 Å². The fraction of sp³-hybridized carbons (Fsp3) is 0.192. The first-order valence-electron chi connectivity index (χ1n) is 10.5. The van der Waals surface area contributed by atoms with Gasteiger partial charge in [-0.3, -0.25) is 9.10 Å². The Labute approximate surface area is 190 Å². The monoisotopic (exact) mass is 448 g/mol. The number of carbonyl (C=O) groups excluding carboxylic acids is 1. The number of hydrogen-bond donors (Lipinski definition) is 1. The van der Waals surface area contributed by atoms with Crippen molar-refractivity contribution in [3.05, 3.63) is 108 Å². The van der Waals surface area contributed by atoms with E-state index in [1.165, 1.54) is 21.5 Å². The first-order chi connectivity index (χ1) is 15.4. The predicted molar refractivity (Wildman–Crippen MR) is 129 cm³/mol. The predicted octanol–water partition coefficient (Wildman–Crippen LogP) is 4.74. The van der Waals surface area contributed by atoms with Crippen molar-refractivity contribution >= 4 is 21.6 Å². The number of aryl methyl sites for hydroxylation is 2. The van der Waals surface area contributed by atoms with Crippen molar-refractivity contribution in [2.75, 3.05) is 17.4 Å². The van der Waals surface area contributed by atoms with Crippen LogP contribution >= 0.6 is 0 Å². The van der Waals surface area contributed by atoms with E-state index in [0.717, 1.165) is 12.8 Å². The maximum atomic E-state index is 13.1. The average molecular weight is 449 g/mol. The SMILES string of the molecule is C=CCN(c1ccc(C(=O)NCCCc2cccc(C)c2)cc1)S(=O)(=O)c1ccccc1. The smallest absolute Gasteiger partial charge is 0.264 e. The molecular formula is C26H28N2O3S. The molecule has 1 amide bonds. The van der Waals surface area contributed by atoms with E-state index in [0.29, 0.717) is 17.8 Å². The summed E-state index contributed by atoms with van der Waals surface area (Å²) in [5.74, 6) is -0.179. The molecular weight excluding hydrogens is 420 g/mol. The summed E-state index contributed by atoms with van der Waals surface area (Å²) < 4.78 is 27.4. The molecule has 166 valence electrons. The second kappa shape index (κ2) is 10.8. The molecule has 0 saturated carbocycles. The average Bonchev–Trinajstić information content (AvgIpc) is 2.81. The van der Waals surface area contributed by atoms with E-state index in [9.17, 15) is 13.2 Å². The van der Waals surface area contributed by atoms with Crippen LogP contribution in [0.5, 0.6) is 0 Å². The van der Waals surface area contributed by atoms with Crippen molar-refractivity contribution < 1.29 is 13.2 Å². The van der Waals surface area contributed by atoms with Gasteiger partial charge in [-0.15, -0.1) is 6.58 Å². The van der Waals surface area contributed by atoms with Crippen LogP contribution in [0.1, 0.15) is 27.9 Å². The Morgan fingerprint density at radius 1 is 1.00 bits per heavy atom. The van der Waals surface area contributed by atoms with E-state index in [2.05, 4.69) is 37.0 Å². The van der Waals surface area contributed by atoms with Crippen molar-refractivity contribution in [3.8, 4) is 0 Å². The van der Waals surface area contributed by atoms with E-state index in [-0.39, 0.29) is 17.3 Å². The zero-order chi connectivity index (χ0) is 23.0. The summed E-state index contributed by atoms with van der Waals surface area (Å²) in [5.41, 5.74) is 3.45. The van der Waals surface area contributed by atoms with E-state index < -0.39 is 10.0 Å². The Hall–Kier alpha value is -3.38. The zero-order valence-corrected chi connectivity index (χ0v) is 19.0. The number of amides is 1. The van der Waals surface area contributed by atoms with Gasteiger partial charge >= 0.3 is 0 Å². The van der Waals surface area contributed by atoms with Crippen LogP contribution in [-0.4, -0.2) is 27.4 Å². The number of sulfonamides is 1. The van der Waals surface area contributed by atoms with Crippen LogP contribution in [0, 0.1) is 6.92 Å². The maximum Gasteiger partial charge on any atom is 0.264 e. The number of hydrogen-bond acceptors (Lipinski definition) is 3. The maximum absolute atomic E-state index is 13.1. The van der Waals surface area contributed by atoms with Gasteiger partial charge in [0.1, 0.15) is 0 Å². The molecule has 3 aromatic rings. The summed E-state index contributed by atoms with van der Waals surface area (Å²) in [4.78, 5) is 12.7. The first-order valence-corrected chi connectivity index (χ1v) is 12.0. The van der Waals surface area contributed by atoms with Crippen molar-refractivity contribution in [2.24, 2.45) is 0 Å². The van der Waals surface area contributed by atoms with Crippen LogP contribution in [0.15, 0.2) is 96.4 Å². The first kappa shape index (κ1) is 23.3. The molecule has 0 aliphatic heterocycles. The minimum absolute atomic E-state index is 0.127. The fourth-order valence-corrected chi connectivity index (χ4v) is 4.88. The highest BCUT2D eigenvalue weighted by Gasteiger charge is 2.23. The summed E-state index contributed by atoms with van der Waals surface area (Å²) in [6.45, 7) is 6.44. The second-order valence-corrected chi connectivity index (χ2v) is 9.40. The van der Waals surface area contributed by atoms with E-state index in [4.69, 9.17) is 0 Å². The number of carbonyl (C=O) groups is 1. The molecule has 32 heavy (non-hydrogen) atoms. The van der Waals surface area contributed by atoms with Gasteiger partial charge in [0.05, 0.1) is 17.1 Å². The van der Waals surface area contributed by atoms with Gasteiger partial charge in [-0.2, -0.15) is 0 Å². The molecule has 0 atom stereocenters. The standard InChI is InChI=1S/C26H28N2O3S/c1-3-19-28(32(30,31)25-12-5-4-6-13-25)24-16-14-23(15-17-24)26(29)27-18-8-11-22-10-7-9-21(2)20-22/h3-7,9-10,12-17,20H,1,8,11,18-19H2,2H3,(H,27,29). The number of anilines is 1. The van der Waals surface area contributed by atoms with Crippen LogP contribution in [0.4, 0.5) is 5.69 Å². The Bertz CT molecular complexity index is 1160. The molecule has 3 aromatic carbocycles. The van der Waals surface area contributed by atoms with Crippen molar-refractivity contribution in [1.82, 2.24) is 5.32 Å². The highest BCUT2D eigenvalue weighted by Crippen LogP contribution is 2.24. The van der Waals surface area contributed by atoms with Gasteiger partial charge in [0.15, 0.2) is 0 Å². The zero-order valence-electron chi connectivity index (χ0n) is 18.2. The number of nitrogens with one attached hydrogen (secondary N) is 1. The molecule has 0 saturated heterocycles. The molecule has 6 heteroatoms. The Kier molecular flexibility index (Phi) is 7.84. The quantitative estimate of drug-likeness (QED) is 0.360. The third-order valence-corrected chi connectivity index (χ3v) is 6.86. The summed E-state index contributed by atoms with van der Waals surface area (Å²) in [6.07, 6.45) is 3.28. The van der Waals surface area contributed by atoms with Crippen LogP contribution in [-0.2, 0) is 16.4 Å². The Morgan fingerprint density at radius 2 is 1.72 bits per heavy atom. The van der Waals surface area contributed by atoms with Crippen molar-refractivity contribution in [2.45, 2.75) is 24.7 Å². The van der Waals surface area contributed by atoms with E-state index >= 15 is 0 Å². The van der Waals surface area contributed by atoms with Crippen LogP contribution in [0.2, 0.25) is 0 Å². The van der Waals surface area contributed by atoms with Crippen LogP contribution < -0.4 is 9.62 Å². The van der Waals surface area contributed by atoms with E-state index in [1.54, 1.807) is 54.6 Å². The van der Waals surface area contributed by atoms with Crippen LogP contribution in [0.3, 0.4) is 0 Å². The minimum atomic E-state index is -3.73. The molecule has 5 nitrogen and oxygen atoms in total. The van der Waals surface area contributed by atoms with Gasteiger partial charge in [0.2, 0.25) is 0 Å². The molecule has 0 heterocycles. The summed E-state index contributed by atoms with van der Waals surface area (Å²) >= 11 is 0. The van der Waals surface area contributed by atoms with Gasteiger partial charge in [-0.25, -0.2) is 8.42 Å². The lowest BCUT2D eigenvalue weighted by atomic mass is 10.1. The fourth-order valence-electron chi connectivity index (χ4n) is 3.42. The number of rotatable bonds is 10. The van der Waals surface area contributed by atoms with Gasteiger partial charge in [0.25, 0.3) is 15.9 Å². The molecule has 0 spiro atoms. The lowest BCUT2D eigenvalue weighted by Crippen LogP contribution is -2.31. The molecule has 0 radical (unpaired) electrons. The largest absolute Gasteiger partial charge is 0.352 e. The molecule has 0 aliphatic carbocycles. The highest BCUT2D eigenvalue weighted by atomic mass is 32.2. The summed E-state index contributed by atoms with van der Waals surface area (Å²) in [5, 5.41) is 2.93. The third-order valence-electron chi connectivity index (χ3n) is 5.05. The molecule has 0 aromatic heterocycles.